The van der Waals surface area contributed by atoms with E-state index in [1.54, 1.807) is 0 Å². The van der Waals surface area contributed by atoms with E-state index in [1.807, 2.05) is 24.9 Å². The van der Waals surface area contributed by atoms with Gasteiger partial charge in [0, 0.05) is 31.2 Å². The molecule has 2 heterocycles. The first-order valence-electron chi connectivity index (χ1n) is 9.36. The van der Waals surface area contributed by atoms with Crippen molar-refractivity contribution in [2.45, 2.75) is 63.8 Å². The Kier molecular flexibility index (Phi) is 5.49. The van der Waals surface area contributed by atoms with Gasteiger partial charge in [-0.25, -0.2) is 9.97 Å². The number of aryl methyl sites for hydroxylation is 1. The van der Waals surface area contributed by atoms with Gasteiger partial charge in [-0.2, -0.15) is 0 Å². The Labute approximate surface area is 145 Å². The van der Waals surface area contributed by atoms with Gasteiger partial charge in [-0.1, -0.05) is 19.3 Å². The number of piperidine rings is 1. The van der Waals surface area contributed by atoms with Gasteiger partial charge in [0.2, 0.25) is 0 Å². The number of carbonyl (C=O) groups excluding carboxylic acids is 1. The maximum absolute atomic E-state index is 12.9. The van der Waals surface area contributed by atoms with Gasteiger partial charge < -0.3 is 9.80 Å². The van der Waals surface area contributed by atoms with Gasteiger partial charge in [0.25, 0.3) is 5.91 Å². The van der Waals surface area contributed by atoms with E-state index in [-0.39, 0.29) is 5.91 Å². The lowest BCUT2D eigenvalue weighted by atomic mass is 9.94. The van der Waals surface area contributed by atoms with Crippen molar-refractivity contribution >= 4 is 5.91 Å². The van der Waals surface area contributed by atoms with Crippen LogP contribution in [0.4, 0.5) is 0 Å². The minimum Gasteiger partial charge on any atom is -0.337 e. The molecule has 5 heteroatoms. The number of nitrogens with zero attached hydrogens (tertiary/aromatic N) is 4. The number of rotatable bonds is 3. The van der Waals surface area contributed by atoms with Crippen LogP contribution in [0, 0.1) is 6.92 Å². The van der Waals surface area contributed by atoms with E-state index < -0.39 is 0 Å². The predicted molar refractivity (Wildman–Crippen MR) is 95.2 cm³/mol. The second-order valence-electron chi connectivity index (χ2n) is 7.56. The predicted octanol–water partition coefficient (Wildman–Crippen LogP) is 3.00. The minimum absolute atomic E-state index is 0.0535. The minimum atomic E-state index is 0.0535. The summed E-state index contributed by atoms with van der Waals surface area (Å²) in [6.07, 6.45) is 8.27. The van der Waals surface area contributed by atoms with Crippen LogP contribution >= 0.6 is 0 Å². The third kappa shape index (κ3) is 3.94. The lowest BCUT2D eigenvalue weighted by Gasteiger charge is -2.31. The molecule has 1 saturated carbocycles. The fraction of sp³-hybridized carbons (Fsp3) is 0.737. The van der Waals surface area contributed by atoms with Crippen LogP contribution < -0.4 is 0 Å². The number of carbonyl (C=O) groups is 1. The Balaban J connectivity index is 1.78. The number of hydrogen-bond acceptors (Lipinski definition) is 4. The highest BCUT2D eigenvalue weighted by atomic mass is 16.2. The Morgan fingerprint density at radius 2 is 1.92 bits per heavy atom. The summed E-state index contributed by atoms with van der Waals surface area (Å²) in [5.41, 5.74) is 1.47. The second kappa shape index (κ2) is 7.60. The van der Waals surface area contributed by atoms with Crippen LogP contribution in [-0.4, -0.2) is 58.9 Å². The Hall–Kier alpha value is -1.49. The molecular formula is C19H30N4O. The summed E-state index contributed by atoms with van der Waals surface area (Å²) in [5.74, 6) is 1.25. The Morgan fingerprint density at radius 1 is 1.17 bits per heavy atom. The fourth-order valence-corrected chi connectivity index (χ4v) is 4.08. The van der Waals surface area contributed by atoms with Crippen molar-refractivity contribution < 1.29 is 4.79 Å². The van der Waals surface area contributed by atoms with Gasteiger partial charge in [-0.15, -0.1) is 0 Å². The molecule has 1 aromatic heterocycles. The molecule has 1 aromatic rings. The molecule has 0 spiro atoms. The van der Waals surface area contributed by atoms with Crippen LogP contribution in [0.25, 0.3) is 0 Å². The molecule has 24 heavy (non-hydrogen) atoms. The average molecular weight is 330 g/mol. The molecule has 1 amide bonds. The summed E-state index contributed by atoms with van der Waals surface area (Å²) in [6.45, 7) is 4.09. The first-order chi connectivity index (χ1) is 11.5. The van der Waals surface area contributed by atoms with E-state index in [9.17, 15) is 4.79 Å². The number of likely N-dealkylation sites (tertiary alicyclic amines) is 1. The molecule has 0 aromatic carbocycles. The topological polar surface area (TPSA) is 49.3 Å². The van der Waals surface area contributed by atoms with E-state index >= 15 is 0 Å². The van der Waals surface area contributed by atoms with E-state index in [2.05, 4.69) is 21.9 Å². The Bertz CT molecular complexity index is 583. The maximum atomic E-state index is 12.9. The summed E-state index contributed by atoms with van der Waals surface area (Å²) >= 11 is 0. The highest BCUT2D eigenvalue weighted by molar-refractivity contribution is 5.92. The largest absolute Gasteiger partial charge is 0.337 e. The summed E-state index contributed by atoms with van der Waals surface area (Å²) in [4.78, 5) is 26.5. The van der Waals surface area contributed by atoms with Crippen LogP contribution in [-0.2, 0) is 0 Å². The number of likely N-dealkylation sites (N-methyl/N-ethyl adjacent to an activating group) is 1. The second-order valence-corrected chi connectivity index (χ2v) is 7.56. The molecular weight excluding hydrogens is 300 g/mol. The zero-order valence-corrected chi connectivity index (χ0v) is 15.3. The van der Waals surface area contributed by atoms with Gasteiger partial charge in [0.15, 0.2) is 0 Å². The molecule has 1 aliphatic carbocycles. The molecule has 1 saturated heterocycles. The van der Waals surface area contributed by atoms with Crippen molar-refractivity contribution in [1.82, 2.24) is 19.8 Å². The normalized spacial score (nSPS) is 23.2. The highest BCUT2D eigenvalue weighted by Crippen LogP contribution is 2.25. The van der Waals surface area contributed by atoms with Gasteiger partial charge in [-0.3, -0.25) is 4.79 Å². The average Bonchev–Trinajstić information content (AvgIpc) is 2.60. The monoisotopic (exact) mass is 330 g/mol. The third-order valence-electron chi connectivity index (χ3n) is 5.52. The summed E-state index contributed by atoms with van der Waals surface area (Å²) < 4.78 is 0. The third-order valence-corrected chi connectivity index (χ3v) is 5.52. The quantitative estimate of drug-likeness (QED) is 0.855. The Morgan fingerprint density at radius 3 is 2.62 bits per heavy atom. The van der Waals surface area contributed by atoms with Crippen molar-refractivity contribution in [3.05, 3.63) is 23.3 Å². The molecule has 0 bridgehead atoms. The summed E-state index contributed by atoms with van der Waals surface area (Å²) in [6, 6.07) is 2.21. The fourth-order valence-electron chi connectivity index (χ4n) is 4.08. The standard InChI is InChI=1S/C19H30N4O/c1-14-12-17(19(24)23(3)16-9-5-4-6-10-16)21-18(20-14)15-8-7-11-22(2)13-15/h12,15-16H,4-11,13H2,1-3H3/t15-/m0/s1. The van der Waals surface area contributed by atoms with Crippen LogP contribution in [0.2, 0.25) is 0 Å². The molecule has 3 rings (SSSR count). The van der Waals surface area contributed by atoms with Gasteiger partial charge in [0.05, 0.1) is 0 Å². The van der Waals surface area contributed by atoms with E-state index in [0.717, 1.165) is 43.9 Å². The van der Waals surface area contributed by atoms with Crippen molar-refractivity contribution in [2.24, 2.45) is 0 Å². The molecule has 1 aliphatic heterocycles. The van der Waals surface area contributed by atoms with Crippen LogP contribution in [0.5, 0.6) is 0 Å². The molecule has 2 aliphatic rings. The molecule has 1 atom stereocenters. The molecule has 2 fully saturated rings. The number of aromatic nitrogens is 2. The van der Waals surface area contributed by atoms with Gasteiger partial charge in [0.1, 0.15) is 11.5 Å². The lowest BCUT2D eigenvalue weighted by molar-refractivity contribution is 0.0689. The van der Waals surface area contributed by atoms with Crippen molar-refractivity contribution in [2.75, 3.05) is 27.2 Å². The lowest BCUT2D eigenvalue weighted by Crippen LogP contribution is -2.39. The zero-order valence-electron chi connectivity index (χ0n) is 15.3. The smallest absolute Gasteiger partial charge is 0.272 e. The van der Waals surface area contributed by atoms with E-state index in [0.29, 0.717) is 17.7 Å². The van der Waals surface area contributed by atoms with Crippen LogP contribution in [0.15, 0.2) is 6.07 Å². The highest BCUT2D eigenvalue weighted by Gasteiger charge is 2.26. The molecule has 0 unspecified atom stereocenters. The van der Waals surface area contributed by atoms with Crippen molar-refractivity contribution in [3.63, 3.8) is 0 Å². The summed E-state index contributed by atoms with van der Waals surface area (Å²) in [5, 5.41) is 0. The molecule has 0 N–H and O–H groups in total. The maximum Gasteiger partial charge on any atom is 0.272 e. The van der Waals surface area contributed by atoms with Crippen molar-refractivity contribution in [3.8, 4) is 0 Å². The molecule has 132 valence electrons. The van der Waals surface area contributed by atoms with E-state index in [1.165, 1.54) is 25.7 Å². The van der Waals surface area contributed by atoms with Gasteiger partial charge in [-0.05, 0) is 52.3 Å². The zero-order chi connectivity index (χ0) is 17.1. The van der Waals surface area contributed by atoms with Gasteiger partial charge >= 0.3 is 0 Å². The molecule has 5 nitrogen and oxygen atoms in total. The van der Waals surface area contributed by atoms with Crippen molar-refractivity contribution in [1.29, 1.82) is 0 Å². The van der Waals surface area contributed by atoms with Crippen LogP contribution in [0.1, 0.15) is 72.9 Å². The van der Waals surface area contributed by atoms with E-state index in [4.69, 9.17) is 0 Å². The van der Waals surface area contributed by atoms with Crippen LogP contribution in [0.3, 0.4) is 0 Å². The number of amides is 1. The number of hydrogen-bond donors (Lipinski definition) is 0. The first kappa shape index (κ1) is 17.3. The molecule has 0 radical (unpaired) electrons. The first-order valence-corrected chi connectivity index (χ1v) is 9.36. The SMILES string of the molecule is Cc1cc(C(=O)N(C)C2CCCCC2)nc([C@H]2CCCN(C)C2)n1. The summed E-state index contributed by atoms with van der Waals surface area (Å²) in [7, 11) is 4.08.